The van der Waals surface area contributed by atoms with Gasteiger partial charge in [0.1, 0.15) is 0 Å². The molecule has 0 aromatic carbocycles. The van der Waals surface area contributed by atoms with Crippen LogP contribution >= 0.6 is 0 Å². The second kappa shape index (κ2) is 10.7. The lowest BCUT2D eigenvalue weighted by Crippen LogP contribution is -2.71. The molecular formula is C30H50O2. The van der Waals surface area contributed by atoms with Crippen molar-refractivity contribution >= 4 is 11.6 Å². The molecule has 0 aromatic rings. The Morgan fingerprint density at radius 3 is 1.94 bits per heavy atom. The predicted octanol–water partition coefficient (Wildman–Crippen LogP) is 8.46. The zero-order chi connectivity index (χ0) is 22.6. The molecule has 0 heterocycles. The zero-order valence-corrected chi connectivity index (χ0v) is 21.3. The van der Waals surface area contributed by atoms with Gasteiger partial charge >= 0.3 is 0 Å². The highest BCUT2D eigenvalue weighted by atomic mass is 16.2. The largest absolute Gasteiger partial charge is 0.297 e. The van der Waals surface area contributed by atoms with Crippen LogP contribution in [-0.4, -0.2) is 11.6 Å². The molecule has 4 rings (SSSR count). The number of hydrogen-bond acceptors (Lipinski definition) is 2. The van der Waals surface area contributed by atoms with Gasteiger partial charge < -0.3 is 0 Å². The summed E-state index contributed by atoms with van der Waals surface area (Å²) in [5.74, 6) is 3.77. The summed E-state index contributed by atoms with van der Waals surface area (Å²) < 4.78 is 0. The van der Waals surface area contributed by atoms with E-state index in [1.54, 1.807) is 0 Å². The normalized spacial score (nSPS) is 34.1. The first kappa shape index (κ1) is 24.5. The molecule has 4 aliphatic rings. The van der Waals surface area contributed by atoms with Gasteiger partial charge in [-0.25, -0.2) is 0 Å². The summed E-state index contributed by atoms with van der Waals surface area (Å²) in [5.41, 5.74) is -1.09. The number of ketones is 2. The number of Topliss-reactive ketones (excluding diaryl/α,β-unsaturated/α-hetero) is 2. The molecule has 4 fully saturated rings. The van der Waals surface area contributed by atoms with Crippen molar-refractivity contribution in [3.8, 4) is 0 Å². The first-order valence-electron chi connectivity index (χ1n) is 14.7. The van der Waals surface area contributed by atoms with Crippen LogP contribution in [0, 0.1) is 34.5 Å². The van der Waals surface area contributed by atoms with E-state index in [2.05, 4.69) is 13.8 Å². The Hall–Kier alpha value is -0.660. The summed E-state index contributed by atoms with van der Waals surface area (Å²) in [6.45, 7) is 4.56. The minimum absolute atomic E-state index is 0.350. The fraction of sp³-hybridized carbons (Fsp3) is 0.933. The SMILES string of the molecule is CCCCCC1CCC([C@@H]2CCC3(C(=O)C4(CCCCC4)C3=O)[C@@H](CCCCC)C2)CC1. The van der Waals surface area contributed by atoms with Crippen molar-refractivity contribution in [2.24, 2.45) is 34.5 Å². The van der Waals surface area contributed by atoms with Gasteiger partial charge in [0.15, 0.2) is 11.6 Å². The Labute approximate surface area is 198 Å². The molecule has 4 aliphatic carbocycles. The molecule has 2 spiro atoms. The smallest absolute Gasteiger partial charge is 0.160 e. The maximum atomic E-state index is 13.8. The number of carbonyl (C=O) groups excluding carboxylic acids is 2. The molecule has 0 bridgehead atoms. The molecule has 0 saturated heterocycles. The Morgan fingerprint density at radius 2 is 1.31 bits per heavy atom. The van der Waals surface area contributed by atoms with Crippen molar-refractivity contribution < 1.29 is 9.59 Å². The van der Waals surface area contributed by atoms with Crippen molar-refractivity contribution in [3.63, 3.8) is 0 Å². The molecule has 0 unspecified atom stereocenters. The summed E-state index contributed by atoms with van der Waals surface area (Å²) >= 11 is 0. The van der Waals surface area contributed by atoms with Gasteiger partial charge in [-0.05, 0) is 75.0 Å². The maximum absolute atomic E-state index is 13.8. The van der Waals surface area contributed by atoms with E-state index < -0.39 is 10.8 Å². The van der Waals surface area contributed by atoms with Crippen LogP contribution in [0.3, 0.4) is 0 Å². The predicted molar refractivity (Wildman–Crippen MR) is 133 cm³/mol. The molecule has 0 aliphatic heterocycles. The summed E-state index contributed by atoms with van der Waals surface area (Å²) in [5, 5.41) is 0. The summed E-state index contributed by atoms with van der Waals surface area (Å²) in [6, 6.07) is 0. The number of unbranched alkanes of at least 4 members (excludes halogenated alkanes) is 4. The minimum atomic E-state index is -0.557. The Bertz CT molecular complexity index is 617. The highest BCUT2D eigenvalue weighted by Crippen LogP contribution is 2.64. The fourth-order valence-electron chi connectivity index (χ4n) is 8.57. The van der Waals surface area contributed by atoms with Crippen molar-refractivity contribution in [1.82, 2.24) is 0 Å². The molecule has 0 N–H and O–H groups in total. The topological polar surface area (TPSA) is 34.1 Å². The molecule has 2 atom stereocenters. The van der Waals surface area contributed by atoms with Crippen LogP contribution in [0.5, 0.6) is 0 Å². The number of rotatable bonds is 9. The lowest BCUT2D eigenvalue weighted by Gasteiger charge is -2.60. The Balaban J connectivity index is 1.39. The molecule has 0 aromatic heterocycles. The standard InChI is InChI=1S/C30H50O2/c1-3-5-8-12-23-14-16-24(17-15-23)25-18-21-30(26(22-25)13-9-6-4-2)27(31)29(28(30)32)19-10-7-11-20-29/h23-26H,3-22H2,1-2H3/t23?,24?,25-,26+/m1/s1. The monoisotopic (exact) mass is 442 g/mol. The second-order valence-corrected chi connectivity index (χ2v) is 12.3. The first-order valence-corrected chi connectivity index (χ1v) is 14.7. The number of carbonyl (C=O) groups is 2. The van der Waals surface area contributed by atoms with E-state index in [4.69, 9.17) is 0 Å². The third kappa shape index (κ3) is 4.38. The molecular weight excluding hydrogens is 392 g/mol. The van der Waals surface area contributed by atoms with Gasteiger partial charge in [0.2, 0.25) is 0 Å². The minimum Gasteiger partial charge on any atom is -0.297 e. The van der Waals surface area contributed by atoms with E-state index in [9.17, 15) is 9.59 Å². The molecule has 0 radical (unpaired) electrons. The van der Waals surface area contributed by atoms with Crippen LogP contribution in [0.15, 0.2) is 0 Å². The Morgan fingerprint density at radius 1 is 0.688 bits per heavy atom. The van der Waals surface area contributed by atoms with Crippen LogP contribution in [0.25, 0.3) is 0 Å². The van der Waals surface area contributed by atoms with Gasteiger partial charge in [-0.15, -0.1) is 0 Å². The third-order valence-corrected chi connectivity index (χ3v) is 10.5. The van der Waals surface area contributed by atoms with Gasteiger partial charge in [0.25, 0.3) is 0 Å². The van der Waals surface area contributed by atoms with Crippen molar-refractivity contribution in [3.05, 3.63) is 0 Å². The van der Waals surface area contributed by atoms with E-state index in [1.807, 2.05) is 0 Å². The molecule has 182 valence electrons. The van der Waals surface area contributed by atoms with Crippen molar-refractivity contribution in [2.75, 3.05) is 0 Å². The van der Waals surface area contributed by atoms with E-state index in [0.717, 1.165) is 62.7 Å². The highest BCUT2D eigenvalue weighted by molar-refractivity contribution is 6.31. The van der Waals surface area contributed by atoms with Gasteiger partial charge in [0, 0.05) is 0 Å². The summed E-state index contributed by atoms with van der Waals surface area (Å²) in [4.78, 5) is 27.6. The average molecular weight is 443 g/mol. The molecule has 4 saturated carbocycles. The van der Waals surface area contributed by atoms with Crippen LogP contribution in [-0.2, 0) is 9.59 Å². The van der Waals surface area contributed by atoms with Gasteiger partial charge in [-0.3, -0.25) is 9.59 Å². The zero-order valence-electron chi connectivity index (χ0n) is 21.3. The number of hydrogen-bond donors (Lipinski definition) is 0. The van der Waals surface area contributed by atoms with E-state index in [1.165, 1.54) is 83.5 Å². The van der Waals surface area contributed by atoms with Crippen LogP contribution in [0.1, 0.15) is 142 Å². The summed E-state index contributed by atoms with van der Waals surface area (Å²) in [7, 11) is 0. The van der Waals surface area contributed by atoms with E-state index >= 15 is 0 Å². The highest BCUT2D eigenvalue weighted by Gasteiger charge is 2.73. The lowest BCUT2D eigenvalue weighted by molar-refractivity contribution is -0.184. The van der Waals surface area contributed by atoms with Crippen LogP contribution in [0.4, 0.5) is 0 Å². The fourth-order valence-corrected chi connectivity index (χ4v) is 8.57. The lowest BCUT2D eigenvalue weighted by atomic mass is 9.39. The van der Waals surface area contributed by atoms with Crippen molar-refractivity contribution in [2.45, 2.75) is 142 Å². The van der Waals surface area contributed by atoms with Crippen LogP contribution in [0.2, 0.25) is 0 Å². The first-order chi connectivity index (χ1) is 15.6. The quantitative estimate of drug-likeness (QED) is 0.265. The summed E-state index contributed by atoms with van der Waals surface area (Å²) in [6.07, 6.45) is 24.3. The molecule has 0 amide bonds. The third-order valence-electron chi connectivity index (χ3n) is 10.5. The van der Waals surface area contributed by atoms with E-state index in [0.29, 0.717) is 17.5 Å². The van der Waals surface area contributed by atoms with Gasteiger partial charge in [-0.1, -0.05) is 90.9 Å². The molecule has 2 heteroatoms. The van der Waals surface area contributed by atoms with Crippen molar-refractivity contribution in [1.29, 1.82) is 0 Å². The maximum Gasteiger partial charge on any atom is 0.160 e. The van der Waals surface area contributed by atoms with Gasteiger partial charge in [-0.2, -0.15) is 0 Å². The van der Waals surface area contributed by atoms with Crippen LogP contribution < -0.4 is 0 Å². The second-order valence-electron chi connectivity index (χ2n) is 12.3. The molecule has 32 heavy (non-hydrogen) atoms. The van der Waals surface area contributed by atoms with Gasteiger partial charge in [0.05, 0.1) is 10.8 Å². The van der Waals surface area contributed by atoms with E-state index in [-0.39, 0.29) is 0 Å². The molecule has 2 nitrogen and oxygen atoms in total. The Kier molecular flexibility index (Phi) is 8.20. The average Bonchev–Trinajstić information content (AvgIpc) is 2.84.